The maximum absolute atomic E-state index is 13.5. The van der Waals surface area contributed by atoms with Crippen molar-refractivity contribution in [3.63, 3.8) is 0 Å². The van der Waals surface area contributed by atoms with Gasteiger partial charge < -0.3 is 9.84 Å². The lowest BCUT2D eigenvalue weighted by atomic mass is 9.48. The average molecular weight is 457 g/mol. The number of fused-ring (bicyclic) bond motifs is 5. The van der Waals surface area contributed by atoms with Gasteiger partial charge >= 0.3 is 11.9 Å². The SMILES string of the molecule is C[C@@H]1CC2C3CCC4=CC(=O)CC[C@]4(C)C3=CC[C@]2(C)[C@@]1(C)C(=O)COC(=O)CCC(=O)O. The molecule has 180 valence electrons. The minimum Gasteiger partial charge on any atom is -0.481 e. The van der Waals surface area contributed by atoms with Crippen LogP contribution in [0.5, 0.6) is 0 Å². The van der Waals surface area contributed by atoms with E-state index in [1.165, 1.54) is 11.1 Å². The fourth-order valence-electron chi connectivity index (χ4n) is 7.60. The lowest BCUT2D eigenvalue weighted by Crippen LogP contribution is -2.51. The van der Waals surface area contributed by atoms with Crippen LogP contribution in [0.3, 0.4) is 0 Å². The van der Waals surface area contributed by atoms with Gasteiger partial charge in [0.05, 0.1) is 12.8 Å². The van der Waals surface area contributed by atoms with Crippen LogP contribution in [0, 0.1) is 34.0 Å². The summed E-state index contributed by atoms with van der Waals surface area (Å²) in [6.45, 7) is 8.42. The topological polar surface area (TPSA) is 97.7 Å². The van der Waals surface area contributed by atoms with Crippen LogP contribution in [0.1, 0.15) is 79.1 Å². The lowest BCUT2D eigenvalue weighted by Gasteiger charge is -2.55. The van der Waals surface area contributed by atoms with E-state index in [1.54, 1.807) is 0 Å². The lowest BCUT2D eigenvalue weighted by molar-refractivity contribution is -0.156. The first-order chi connectivity index (χ1) is 15.4. The number of ketones is 2. The minimum absolute atomic E-state index is 0.0376. The monoisotopic (exact) mass is 456 g/mol. The summed E-state index contributed by atoms with van der Waals surface area (Å²) in [6, 6.07) is 0. The van der Waals surface area contributed by atoms with Crippen LogP contribution >= 0.6 is 0 Å². The Bertz CT molecular complexity index is 960. The molecule has 0 aromatic rings. The zero-order valence-corrected chi connectivity index (χ0v) is 20.2. The number of ether oxygens (including phenoxy) is 1. The normalized spacial score (nSPS) is 39.5. The summed E-state index contributed by atoms with van der Waals surface area (Å²) in [7, 11) is 0. The number of hydrogen-bond donors (Lipinski definition) is 1. The summed E-state index contributed by atoms with van der Waals surface area (Å²) < 4.78 is 5.20. The number of Topliss-reactive ketones (excluding diaryl/α,β-unsaturated/α-hetero) is 1. The Kier molecular flexibility index (Phi) is 5.95. The van der Waals surface area contributed by atoms with Gasteiger partial charge in [0, 0.05) is 17.3 Å². The van der Waals surface area contributed by atoms with Gasteiger partial charge in [-0.1, -0.05) is 44.9 Å². The molecule has 4 rings (SSSR count). The molecule has 0 radical (unpaired) electrons. The first kappa shape index (κ1) is 23.9. The summed E-state index contributed by atoms with van der Waals surface area (Å²) in [4.78, 5) is 48.2. The van der Waals surface area contributed by atoms with Gasteiger partial charge in [-0.05, 0) is 61.3 Å². The predicted molar refractivity (Wildman–Crippen MR) is 122 cm³/mol. The second-order valence-electron chi connectivity index (χ2n) is 11.3. The molecule has 2 fully saturated rings. The van der Waals surface area contributed by atoms with E-state index in [2.05, 4.69) is 26.8 Å². The Morgan fingerprint density at radius 2 is 1.88 bits per heavy atom. The summed E-state index contributed by atoms with van der Waals surface area (Å²) >= 11 is 0. The van der Waals surface area contributed by atoms with Crippen molar-refractivity contribution in [1.29, 1.82) is 0 Å². The van der Waals surface area contributed by atoms with Crippen LogP contribution in [-0.4, -0.2) is 35.2 Å². The molecule has 0 aromatic heterocycles. The van der Waals surface area contributed by atoms with Crippen molar-refractivity contribution >= 4 is 23.5 Å². The molecule has 4 aliphatic carbocycles. The maximum atomic E-state index is 13.5. The van der Waals surface area contributed by atoms with E-state index in [9.17, 15) is 19.2 Å². The van der Waals surface area contributed by atoms with Crippen molar-refractivity contribution in [2.75, 3.05) is 6.61 Å². The number of esters is 1. The molecule has 6 heteroatoms. The van der Waals surface area contributed by atoms with Crippen molar-refractivity contribution in [3.05, 3.63) is 23.3 Å². The molecule has 6 atom stereocenters. The van der Waals surface area contributed by atoms with Crippen molar-refractivity contribution in [1.82, 2.24) is 0 Å². The Hall–Kier alpha value is -2.24. The quantitative estimate of drug-likeness (QED) is 0.461. The van der Waals surface area contributed by atoms with Crippen molar-refractivity contribution in [2.24, 2.45) is 34.0 Å². The molecule has 0 heterocycles. The number of aliphatic carboxylic acids is 1. The molecule has 0 spiro atoms. The zero-order chi connectivity index (χ0) is 24.2. The molecular formula is C27H36O6. The van der Waals surface area contributed by atoms with Crippen LogP contribution in [0.2, 0.25) is 0 Å². The third-order valence-corrected chi connectivity index (χ3v) is 9.99. The van der Waals surface area contributed by atoms with E-state index in [0.29, 0.717) is 18.3 Å². The number of rotatable bonds is 6. The number of carbonyl (C=O) groups is 4. The van der Waals surface area contributed by atoms with Gasteiger partial charge in [-0.25, -0.2) is 0 Å². The molecule has 33 heavy (non-hydrogen) atoms. The van der Waals surface area contributed by atoms with Crippen molar-refractivity contribution in [2.45, 2.75) is 79.1 Å². The van der Waals surface area contributed by atoms with Crippen molar-refractivity contribution < 1.29 is 29.0 Å². The Morgan fingerprint density at radius 3 is 2.58 bits per heavy atom. The van der Waals surface area contributed by atoms with E-state index in [1.807, 2.05) is 13.0 Å². The van der Waals surface area contributed by atoms with Gasteiger partial charge in [0.15, 0.2) is 18.2 Å². The second-order valence-corrected chi connectivity index (χ2v) is 11.3. The van der Waals surface area contributed by atoms with E-state index in [-0.39, 0.29) is 47.8 Å². The number of hydrogen-bond acceptors (Lipinski definition) is 5. The molecule has 0 aromatic carbocycles. The molecule has 1 N–H and O–H groups in total. The Balaban J connectivity index is 1.57. The van der Waals surface area contributed by atoms with E-state index >= 15 is 0 Å². The molecule has 2 unspecified atom stereocenters. The van der Waals surface area contributed by atoms with Crippen molar-refractivity contribution in [3.8, 4) is 0 Å². The molecule has 2 saturated carbocycles. The minimum atomic E-state index is -1.06. The third kappa shape index (κ3) is 3.60. The Morgan fingerprint density at radius 1 is 1.15 bits per heavy atom. The average Bonchev–Trinajstić information content (AvgIpc) is 2.98. The van der Waals surface area contributed by atoms with Gasteiger partial charge in [0.2, 0.25) is 0 Å². The van der Waals surface area contributed by atoms with Gasteiger partial charge in [0.25, 0.3) is 0 Å². The van der Waals surface area contributed by atoms with Crippen LogP contribution in [-0.2, 0) is 23.9 Å². The molecule has 0 saturated heterocycles. The molecule has 4 aliphatic rings. The van der Waals surface area contributed by atoms with Gasteiger partial charge in [-0.3, -0.25) is 19.2 Å². The van der Waals surface area contributed by atoms with Gasteiger partial charge in [-0.2, -0.15) is 0 Å². The summed E-state index contributed by atoms with van der Waals surface area (Å²) in [5.74, 6) is -0.577. The number of allylic oxidation sites excluding steroid dienone is 4. The fraction of sp³-hybridized carbons (Fsp3) is 0.704. The summed E-state index contributed by atoms with van der Waals surface area (Å²) in [5, 5.41) is 8.75. The summed E-state index contributed by atoms with van der Waals surface area (Å²) in [6.07, 6.45) is 8.94. The van der Waals surface area contributed by atoms with E-state index in [0.717, 1.165) is 32.1 Å². The number of carbonyl (C=O) groups excluding carboxylic acids is 3. The molecule has 0 bridgehead atoms. The maximum Gasteiger partial charge on any atom is 0.306 e. The highest BCUT2D eigenvalue weighted by molar-refractivity contribution is 5.92. The Labute approximate surface area is 195 Å². The number of carboxylic acid groups (broad SMARTS) is 1. The van der Waals surface area contributed by atoms with Crippen LogP contribution in [0.25, 0.3) is 0 Å². The second kappa shape index (κ2) is 8.21. The standard InChI is InChI=1S/C27H36O6/c1-16-13-21-19-6-5-17-14-18(28)9-11-25(17,2)20(19)10-12-26(21,3)27(16,4)22(29)15-33-24(32)8-7-23(30)31/h10,14,16,19,21H,5-9,11-13,15H2,1-4H3,(H,30,31)/t16-,19?,21?,25+,26+,27-/m1/s1. The van der Waals surface area contributed by atoms with Crippen LogP contribution in [0.15, 0.2) is 23.3 Å². The fourth-order valence-corrected chi connectivity index (χ4v) is 7.60. The first-order valence-corrected chi connectivity index (χ1v) is 12.3. The smallest absolute Gasteiger partial charge is 0.306 e. The largest absolute Gasteiger partial charge is 0.481 e. The predicted octanol–water partition coefficient (Wildman–Crippen LogP) is 4.67. The zero-order valence-electron chi connectivity index (χ0n) is 20.2. The van der Waals surface area contributed by atoms with Crippen LogP contribution < -0.4 is 0 Å². The van der Waals surface area contributed by atoms with Gasteiger partial charge in [-0.15, -0.1) is 0 Å². The highest BCUT2D eigenvalue weighted by Crippen LogP contribution is 2.69. The molecule has 6 nitrogen and oxygen atoms in total. The third-order valence-electron chi connectivity index (χ3n) is 9.99. The van der Waals surface area contributed by atoms with E-state index in [4.69, 9.17) is 9.84 Å². The highest BCUT2D eigenvalue weighted by Gasteiger charge is 2.65. The van der Waals surface area contributed by atoms with E-state index < -0.39 is 17.4 Å². The van der Waals surface area contributed by atoms with Crippen LogP contribution in [0.4, 0.5) is 0 Å². The molecule has 0 aliphatic heterocycles. The number of carboxylic acids is 1. The molecule has 0 amide bonds. The molecular weight excluding hydrogens is 420 g/mol. The van der Waals surface area contributed by atoms with Gasteiger partial charge in [0.1, 0.15) is 0 Å². The first-order valence-electron chi connectivity index (χ1n) is 12.3. The highest BCUT2D eigenvalue weighted by atomic mass is 16.5. The summed E-state index contributed by atoms with van der Waals surface area (Å²) in [5.41, 5.74) is 1.87.